The summed E-state index contributed by atoms with van der Waals surface area (Å²) in [5.74, 6) is -1.07. The number of imide groups is 1. The molecule has 1 aromatic rings. The molecule has 0 saturated heterocycles. The van der Waals surface area contributed by atoms with Crippen LogP contribution in [-0.4, -0.2) is 35.2 Å². The van der Waals surface area contributed by atoms with Crippen molar-refractivity contribution in [3.05, 3.63) is 34.9 Å². The van der Waals surface area contributed by atoms with Crippen molar-refractivity contribution in [1.29, 1.82) is 0 Å². The van der Waals surface area contributed by atoms with Crippen LogP contribution in [0.3, 0.4) is 0 Å². The van der Waals surface area contributed by atoms with Gasteiger partial charge >= 0.3 is 0 Å². The fraction of sp³-hybridized carbons (Fsp3) is 0.500. The minimum Gasteiger partial charge on any atom is -0.352 e. The number of nitrogens with one attached hydrogen (secondary N) is 1. The molecule has 124 valence electrons. The summed E-state index contributed by atoms with van der Waals surface area (Å²) in [4.78, 5) is 37.7. The first-order valence-corrected chi connectivity index (χ1v) is 8.20. The maximum Gasteiger partial charge on any atom is 0.262 e. The van der Waals surface area contributed by atoms with Crippen LogP contribution in [0.2, 0.25) is 0 Å². The minimum absolute atomic E-state index is 0.0477. The molecule has 2 rings (SSSR count). The second kappa shape index (κ2) is 7.40. The summed E-state index contributed by atoms with van der Waals surface area (Å²) in [5, 5.41) is 2.86. The van der Waals surface area contributed by atoms with E-state index in [1.54, 1.807) is 18.2 Å². The zero-order chi connectivity index (χ0) is 17.0. The van der Waals surface area contributed by atoms with E-state index >= 15 is 0 Å². The maximum atomic E-state index is 12.3. The number of aryl methyl sites for hydroxylation is 1. The number of nitrogens with zero attached hydrogens (tertiary/aromatic N) is 1. The number of unbranched alkanes of at least 4 members (excludes halogenated alkanes) is 2. The van der Waals surface area contributed by atoms with Crippen LogP contribution < -0.4 is 5.32 Å². The number of hydrogen-bond donors (Lipinski definition) is 1. The normalized spacial score (nSPS) is 14.8. The molecule has 1 heterocycles. The Bertz CT molecular complexity index is 625. The van der Waals surface area contributed by atoms with Gasteiger partial charge in [-0.1, -0.05) is 37.8 Å². The molecule has 1 N–H and O–H groups in total. The van der Waals surface area contributed by atoms with Crippen molar-refractivity contribution in [2.24, 2.45) is 0 Å². The van der Waals surface area contributed by atoms with Crippen molar-refractivity contribution in [3.8, 4) is 0 Å². The van der Waals surface area contributed by atoms with E-state index in [1.165, 1.54) is 0 Å². The Labute approximate surface area is 137 Å². The Morgan fingerprint density at radius 1 is 1.17 bits per heavy atom. The molecule has 0 fully saturated rings. The van der Waals surface area contributed by atoms with Gasteiger partial charge in [0, 0.05) is 6.04 Å². The third-order valence-electron chi connectivity index (χ3n) is 4.08. The zero-order valence-corrected chi connectivity index (χ0v) is 14.0. The second-order valence-corrected chi connectivity index (χ2v) is 6.21. The highest BCUT2D eigenvalue weighted by molar-refractivity contribution is 6.22. The number of benzene rings is 1. The van der Waals surface area contributed by atoms with Crippen molar-refractivity contribution in [2.45, 2.75) is 52.5 Å². The topological polar surface area (TPSA) is 66.5 Å². The lowest BCUT2D eigenvalue weighted by atomic mass is 10.1. The van der Waals surface area contributed by atoms with Gasteiger partial charge in [-0.3, -0.25) is 19.3 Å². The molecular formula is C18H24N2O3. The zero-order valence-electron chi connectivity index (χ0n) is 14.0. The van der Waals surface area contributed by atoms with Crippen LogP contribution in [0.15, 0.2) is 18.2 Å². The molecule has 1 unspecified atom stereocenters. The molecule has 5 heteroatoms. The van der Waals surface area contributed by atoms with Gasteiger partial charge < -0.3 is 5.32 Å². The van der Waals surface area contributed by atoms with E-state index in [2.05, 4.69) is 12.2 Å². The molecule has 0 aromatic heterocycles. The van der Waals surface area contributed by atoms with Gasteiger partial charge in [-0.25, -0.2) is 0 Å². The second-order valence-electron chi connectivity index (χ2n) is 6.21. The highest BCUT2D eigenvalue weighted by Crippen LogP contribution is 2.23. The van der Waals surface area contributed by atoms with Gasteiger partial charge in [0.1, 0.15) is 6.54 Å². The lowest BCUT2D eigenvalue weighted by molar-refractivity contribution is -0.122. The van der Waals surface area contributed by atoms with Gasteiger partial charge in [-0.05, 0) is 32.4 Å². The highest BCUT2D eigenvalue weighted by atomic mass is 16.2. The minimum atomic E-state index is -0.390. The van der Waals surface area contributed by atoms with Gasteiger partial charge in [-0.2, -0.15) is 0 Å². The summed E-state index contributed by atoms with van der Waals surface area (Å²) in [7, 11) is 0. The molecule has 0 spiro atoms. The standard InChI is InChI=1S/C18H24N2O3/c1-4-5-6-7-13(3)19-16(21)11-20-17(22)14-9-8-12(2)10-15(14)18(20)23/h8-10,13H,4-7,11H2,1-3H3,(H,19,21). The summed E-state index contributed by atoms with van der Waals surface area (Å²) >= 11 is 0. The van der Waals surface area contributed by atoms with E-state index in [0.29, 0.717) is 11.1 Å². The summed E-state index contributed by atoms with van der Waals surface area (Å²) < 4.78 is 0. The smallest absolute Gasteiger partial charge is 0.262 e. The lowest BCUT2D eigenvalue weighted by Crippen LogP contribution is -2.43. The van der Waals surface area contributed by atoms with Crippen LogP contribution in [0.25, 0.3) is 0 Å². The molecule has 1 aromatic carbocycles. The SMILES string of the molecule is CCCCCC(C)NC(=O)CN1C(=O)c2ccc(C)cc2C1=O. The van der Waals surface area contributed by atoms with Crippen molar-refractivity contribution in [2.75, 3.05) is 6.54 Å². The van der Waals surface area contributed by atoms with Crippen LogP contribution in [0.1, 0.15) is 65.8 Å². The third kappa shape index (κ3) is 3.97. The molecule has 0 radical (unpaired) electrons. The first-order valence-electron chi connectivity index (χ1n) is 8.20. The molecule has 1 aliphatic rings. The molecule has 0 saturated carbocycles. The van der Waals surface area contributed by atoms with E-state index in [9.17, 15) is 14.4 Å². The predicted molar refractivity (Wildman–Crippen MR) is 88.3 cm³/mol. The number of carbonyl (C=O) groups excluding carboxylic acids is 3. The van der Waals surface area contributed by atoms with E-state index in [1.807, 2.05) is 13.8 Å². The summed E-state index contributed by atoms with van der Waals surface area (Å²) in [6.07, 6.45) is 4.23. The van der Waals surface area contributed by atoms with Crippen LogP contribution in [-0.2, 0) is 4.79 Å². The molecule has 5 nitrogen and oxygen atoms in total. The summed E-state index contributed by atoms with van der Waals surface area (Å²) in [6, 6.07) is 5.19. The van der Waals surface area contributed by atoms with Gasteiger partial charge in [0.2, 0.25) is 5.91 Å². The molecule has 23 heavy (non-hydrogen) atoms. The molecule has 1 atom stereocenters. The largest absolute Gasteiger partial charge is 0.352 e. The Hall–Kier alpha value is -2.17. The van der Waals surface area contributed by atoms with Crippen molar-refractivity contribution in [1.82, 2.24) is 10.2 Å². The van der Waals surface area contributed by atoms with Crippen LogP contribution in [0.5, 0.6) is 0 Å². The fourth-order valence-corrected chi connectivity index (χ4v) is 2.78. The highest BCUT2D eigenvalue weighted by Gasteiger charge is 2.36. The maximum absolute atomic E-state index is 12.3. The Balaban J connectivity index is 1.95. The summed E-state index contributed by atoms with van der Waals surface area (Å²) in [6.45, 7) is 5.72. The fourth-order valence-electron chi connectivity index (χ4n) is 2.78. The van der Waals surface area contributed by atoms with Crippen LogP contribution in [0.4, 0.5) is 0 Å². The van der Waals surface area contributed by atoms with E-state index in [0.717, 1.165) is 36.1 Å². The number of hydrogen-bond acceptors (Lipinski definition) is 3. The van der Waals surface area contributed by atoms with Crippen molar-refractivity contribution >= 4 is 17.7 Å². The molecular weight excluding hydrogens is 292 g/mol. The molecule has 0 aliphatic carbocycles. The van der Waals surface area contributed by atoms with Crippen molar-refractivity contribution < 1.29 is 14.4 Å². The van der Waals surface area contributed by atoms with Gasteiger partial charge in [0.15, 0.2) is 0 Å². The van der Waals surface area contributed by atoms with Gasteiger partial charge in [0.05, 0.1) is 11.1 Å². The van der Waals surface area contributed by atoms with Crippen LogP contribution in [0, 0.1) is 6.92 Å². The van der Waals surface area contributed by atoms with Crippen LogP contribution >= 0.6 is 0 Å². The van der Waals surface area contributed by atoms with E-state index < -0.39 is 5.91 Å². The van der Waals surface area contributed by atoms with E-state index in [-0.39, 0.29) is 24.4 Å². The van der Waals surface area contributed by atoms with Crippen molar-refractivity contribution in [3.63, 3.8) is 0 Å². The number of fused-ring (bicyclic) bond motifs is 1. The Kier molecular flexibility index (Phi) is 5.53. The molecule has 0 bridgehead atoms. The lowest BCUT2D eigenvalue weighted by Gasteiger charge is -2.17. The first-order chi connectivity index (χ1) is 10.9. The predicted octanol–water partition coefficient (Wildman–Crippen LogP) is 2.68. The number of amides is 3. The summed E-state index contributed by atoms with van der Waals surface area (Å²) in [5.41, 5.74) is 1.68. The Morgan fingerprint density at radius 3 is 2.57 bits per heavy atom. The average Bonchev–Trinajstić information content (AvgIpc) is 2.72. The molecule has 3 amide bonds. The van der Waals surface area contributed by atoms with Gasteiger partial charge in [0.25, 0.3) is 11.8 Å². The quantitative estimate of drug-likeness (QED) is 0.621. The third-order valence-corrected chi connectivity index (χ3v) is 4.08. The van der Waals surface area contributed by atoms with Gasteiger partial charge in [-0.15, -0.1) is 0 Å². The number of rotatable bonds is 7. The van der Waals surface area contributed by atoms with E-state index in [4.69, 9.17) is 0 Å². The number of carbonyl (C=O) groups is 3. The first kappa shape index (κ1) is 17.2. The monoisotopic (exact) mass is 316 g/mol. The average molecular weight is 316 g/mol. The Morgan fingerprint density at radius 2 is 1.87 bits per heavy atom. The molecule has 1 aliphatic heterocycles.